The molecule has 0 aliphatic heterocycles. The van der Waals surface area contributed by atoms with E-state index in [9.17, 15) is 4.79 Å². The first-order valence-corrected chi connectivity index (χ1v) is 4.77. The zero-order valence-corrected chi connectivity index (χ0v) is 8.73. The highest BCUT2D eigenvalue weighted by atomic mass is 16.5. The molecule has 1 aromatic heterocycles. The van der Waals surface area contributed by atoms with Crippen LogP contribution < -0.4 is 4.74 Å². The highest BCUT2D eigenvalue weighted by molar-refractivity contribution is 5.87. The minimum Gasteiger partial charge on any atom is -0.497 e. The number of hydrogen-bond donors (Lipinski definition) is 2. The first-order chi connectivity index (χ1) is 7.70. The highest BCUT2D eigenvalue weighted by Crippen LogP contribution is 2.22. The molecule has 16 heavy (non-hydrogen) atoms. The average molecular weight is 217 g/mol. The van der Waals surface area contributed by atoms with E-state index < -0.39 is 5.97 Å². The summed E-state index contributed by atoms with van der Waals surface area (Å²) in [4.78, 5) is 13.4. The third kappa shape index (κ3) is 1.91. The number of carboxylic acid groups (broad SMARTS) is 1. The number of carbonyl (C=O) groups is 1. The molecule has 2 aromatic rings. The van der Waals surface area contributed by atoms with Crippen LogP contribution in [0, 0.1) is 0 Å². The van der Waals surface area contributed by atoms with E-state index in [2.05, 4.69) is 4.98 Å². The lowest BCUT2D eigenvalue weighted by molar-refractivity contribution is 0.0691. The fourth-order valence-corrected chi connectivity index (χ4v) is 1.47. The highest BCUT2D eigenvalue weighted by Gasteiger charge is 2.07. The predicted molar refractivity (Wildman–Crippen MR) is 59.7 cm³/mol. The molecule has 4 heteroatoms. The summed E-state index contributed by atoms with van der Waals surface area (Å²) in [6.07, 6.45) is 1.67. The van der Waals surface area contributed by atoms with Gasteiger partial charge in [0.25, 0.3) is 0 Å². The summed E-state index contributed by atoms with van der Waals surface area (Å²) in [6.45, 7) is 0. The fraction of sp³-hybridized carbons (Fsp3) is 0.0833. The SMILES string of the molecule is COc1ccc(-c2c[nH]c(C(=O)O)c2)cc1. The van der Waals surface area contributed by atoms with Crippen molar-refractivity contribution in [1.82, 2.24) is 4.98 Å². The molecule has 0 unspecified atom stereocenters. The van der Waals surface area contributed by atoms with E-state index in [1.165, 1.54) is 0 Å². The van der Waals surface area contributed by atoms with Crippen molar-refractivity contribution in [3.05, 3.63) is 42.2 Å². The zero-order chi connectivity index (χ0) is 11.5. The van der Waals surface area contributed by atoms with Crippen LogP contribution in [0.3, 0.4) is 0 Å². The van der Waals surface area contributed by atoms with Crippen molar-refractivity contribution in [3.63, 3.8) is 0 Å². The maximum Gasteiger partial charge on any atom is 0.352 e. The summed E-state index contributed by atoms with van der Waals surface area (Å²) in [5, 5.41) is 8.78. The summed E-state index contributed by atoms with van der Waals surface area (Å²) in [7, 11) is 1.60. The molecule has 0 aliphatic rings. The number of nitrogens with one attached hydrogen (secondary N) is 1. The molecule has 0 radical (unpaired) electrons. The first kappa shape index (κ1) is 10.3. The standard InChI is InChI=1S/C12H11NO3/c1-16-10-4-2-8(3-5-10)9-6-11(12(14)15)13-7-9/h2-7,13H,1H3,(H,14,15). The van der Waals surface area contributed by atoms with Gasteiger partial charge in [-0.25, -0.2) is 4.79 Å². The van der Waals surface area contributed by atoms with Gasteiger partial charge in [0.1, 0.15) is 11.4 Å². The van der Waals surface area contributed by atoms with Crippen LogP contribution in [0.25, 0.3) is 11.1 Å². The molecular formula is C12H11NO3. The number of rotatable bonds is 3. The second-order valence-electron chi connectivity index (χ2n) is 3.34. The molecule has 0 amide bonds. The molecule has 1 aromatic carbocycles. The van der Waals surface area contributed by atoms with Crippen molar-refractivity contribution >= 4 is 5.97 Å². The lowest BCUT2D eigenvalue weighted by atomic mass is 10.1. The topological polar surface area (TPSA) is 62.3 Å². The third-order valence-electron chi connectivity index (χ3n) is 2.34. The van der Waals surface area contributed by atoms with Gasteiger partial charge in [0, 0.05) is 6.20 Å². The van der Waals surface area contributed by atoms with Gasteiger partial charge in [0.2, 0.25) is 0 Å². The average Bonchev–Trinajstić information content (AvgIpc) is 2.78. The molecule has 0 saturated carbocycles. The summed E-state index contributed by atoms with van der Waals surface area (Å²) in [5.74, 6) is -0.183. The van der Waals surface area contributed by atoms with Gasteiger partial charge in [-0.3, -0.25) is 0 Å². The van der Waals surface area contributed by atoms with Crippen molar-refractivity contribution in [2.45, 2.75) is 0 Å². The Kier molecular flexibility index (Phi) is 2.64. The number of aromatic amines is 1. The second-order valence-corrected chi connectivity index (χ2v) is 3.34. The summed E-state index contributed by atoms with van der Waals surface area (Å²) in [5.41, 5.74) is 1.98. The number of ether oxygens (including phenoxy) is 1. The Hall–Kier alpha value is -2.23. The molecule has 2 N–H and O–H groups in total. The van der Waals surface area contributed by atoms with Crippen LogP contribution in [0.4, 0.5) is 0 Å². The number of methoxy groups -OCH3 is 1. The van der Waals surface area contributed by atoms with Gasteiger partial charge in [0.15, 0.2) is 0 Å². The van der Waals surface area contributed by atoms with Crippen LogP contribution in [-0.2, 0) is 0 Å². The summed E-state index contributed by atoms with van der Waals surface area (Å²) < 4.78 is 5.05. The molecule has 0 aliphatic carbocycles. The molecule has 82 valence electrons. The van der Waals surface area contributed by atoms with Gasteiger partial charge >= 0.3 is 5.97 Å². The Bertz CT molecular complexity index is 499. The number of benzene rings is 1. The normalized spacial score (nSPS) is 10.1. The Balaban J connectivity index is 2.31. The first-order valence-electron chi connectivity index (χ1n) is 4.77. The van der Waals surface area contributed by atoms with E-state index in [1.54, 1.807) is 19.4 Å². The summed E-state index contributed by atoms with van der Waals surface area (Å²) in [6, 6.07) is 9.04. The molecule has 0 spiro atoms. The van der Waals surface area contributed by atoms with E-state index in [0.29, 0.717) is 0 Å². The van der Waals surface area contributed by atoms with Gasteiger partial charge in [-0.1, -0.05) is 12.1 Å². The fourth-order valence-electron chi connectivity index (χ4n) is 1.47. The van der Waals surface area contributed by atoms with Crippen molar-refractivity contribution in [3.8, 4) is 16.9 Å². The molecule has 2 rings (SSSR count). The van der Waals surface area contributed by atoms with Gasteiger partial charge in [0.05, 0.1) is 7.11 Å². The number of carboxylic acids is 1. The van der Waals surface area contributed by atoms with Crippen LogP contribution in [0.5, 0.6) is 5.75 Å². The van der Waals surface area contributed by atoms with E-state index in [4.69, 9.17) is 9.84 Å². The van der Waals surface area contributed by atoms with E-state index in [0.717, 1.165) is 16.9 Å². The molecule has 0 fully saturated rings. The minimum atomic E-state index is -0.959. The van der Waals surface area contributed by atoms with Gasteiger partial charge < -0.3 is 14.8 Å². The van der Waals surface area contributed by atoms with Crippen molar-refractivity contribution in [2.75, 3.05) is 7.11 Å². The Morgan fingerprint density at radius 3 is 2.44 bits per heavy atom. The molecule has 0 saturated heterocycles. The van der Waals surface area contributed by atoms with Crippen LogP contribution in [0.15, 0.2) is 36.5 Å². The van der Waals surface area contributed by atoms with Gasteiger partial charge in [-0.15, -0.1) is 0 Å². The largest absolute Gasteiger partial charge is 0.497 e. The van der Waals surface area contributed by atoms with Crippen LogP contribution in [0.2, 0.25) is 0 Å². The lowest BCUT2D eigenvalue weighted by Gasteiger charge is -2.00. The maximum atomic E-state index is 10.7. The van der Waals surface area contributed by atoms with Crippen molar-refractivity contribution < 1.29 is 14.6 Å². The molecule has 0 bridgehead atoms. The zero-order valence-electron chi connectivity index (χ0n) is 8.73. The van der Waals surface area contributed by atoms with Crippen molar-refractivity contribution in [2.24, 2.45) is 0 Å². The number of aromatic carboxylic acids is 1. The number of aromatic nitrogens is 1. The second kappa shape index (κ2) is 4.10. The van der Waals surface area contributed by atoms with Gasteiger partial charge in [-0.2, -0.15) is 0 Å². The number of H-pyrrole nitrogens is 1. The van der Waals surface area contributed by atoms with E-state index in [1.807, 2.05) is 24.3 Å². The van der Waals surface area contributed by atoms with Crippen LogP contribution in [-0.4, -0.2) is 23.2 Å². The van der Waals surface area contributed by atoms with Crippen LogP contribution >= 0.6 is 0 Å². The molecular weight excluding hydrogens is 206 g/mol. The van der Waals surface area contributed by atoms with Crippen LogP contribution in [0.1, 0.15) is 10.5 Å². The quantitative estimate of drug-likeness (QED) is 0.829. The molecule has 1 heterocycles. The summed E-state index contributed by atoms with van der Waals surface area (Å²) >= 11 is 0. The Labute approximate surface area is 92.5 Å². The number of hydrogen-bond acceptors (Lipinski definition) is 2. The third-order valence-corrected chi connectivity index (χ3v) is 2.34. The molecule has 0 atom stereocenters. The van der Waals surface area contributed by atoms with E-state index >= 15 is 0 Å². The van der Waals surface area contributed by atoms with Gasteiger partial charge in [-0.05, 0) is 29.3 Å². The van der Waals surface area contributed by atoms with E-state index in [-0.39, 0.29) is 5.69 Å². The minimum absolute atomic E-state index is 0.186. The monoisotopic (exact) mass is 217 g/mol. The lowest BCUT2D eigenvalue weighted by Crippen LogP contribution is -1.94. The Morgan fingerprint density at radius 2 is 1.94 bits per heavy atom. The molecule has 4 nitrogen and oxygen atoms in total. The predicted octanol–water partition coefficient (Wildman–Crippen LogP) is 2.39. The maximum absolute atomic E-state index is 10.7. The Morgan fingerprint density at radius 1 is 1.25 bits per heavy atom. The smallest absolute Gasteiger partial charge is 0.352 e. The van der Waals surface area contributed by atoms with Crippen molar-refractivity contribution in [1.29, 1.82) is 0 Å².